The molecule has 0 saturated carbocycles. The highest BCUT2D eigenvalue weighted by Crippen LogP contribution is 2.36. The lowest BCUT2D eigenvalue weighted by molar-refractivity contribution is 0.00578. The molecular formula is C20H34BN3O4. The van der Waals surface area contributed by atoms with Gasteiger partial charge in [-0.2, -0.15) is 5.10 Å². The van der Waals surface area contributed by atoms with Gasteiger partial charge < -0.3 is 18.9 Å². The molecule has 1 aromatic heterocycles. The number of likely N-dealkylation sites (tertiary alicyclic amines) is 1. The summed E-state index contributed by atoms with van der Waals surface area (Å²) in [5.41, 5.74) is -0.347. The zero-order valence-corrected chi connectivity index (χ0v) is 18.3. The van der Waals surface area contributed by atoms with E-state index in [4.69, 9.17) is 14.0 Å². The highest BCUT2D eigenvalue weighted by molar-refractivity contribution is 6.61. The molecule has 0 spiro atoms. The summed E-state index contributed by atoms with van der Waals surface area (Å²) in [4.78, 5) is 14.5. The molecule has 2 aliphatic heterocycles. The Morgan fingerprint density at radius 2 is 1.89 bits per heavy atom. The van der Waals surface area contributed by atoms with E-state index in [1.165, 1.54) is 0 Å². The maximum Gasteiger partial charge on any atom is 0.498 e. The molecule has 28 heavy (non-hydrogen) atoms. The highest BCUT2D eigenvalue weighted by Gasteiger charge is 2.52. The molecule has 0 radical (unpaired) electrons. The van der Waals surface area contributed by atoms with E-state index in [1.54, 1.807) is 6.20 Å². The average molecular weight is 391 g/mol. The van der Waals surface area contributed by atoms with Gasteiger partial charge in [-0.1, -0.05) is 0 Å². The first-order valence-corrected chi connectivity index (χ1v) is 10.3. The van der Waals surface area contributed by atoms with Gasteiger partial charge in [-0.05, 0) is 67.7 Å². The molecular weight excluding hydrogens is 357 g/mol. The van der Waals surface area contributed by atoms with Crippen molar-refractivity contribution >= 4 is 18.7 Å². The fourth-order valence-corrected chi connectivity index (χ4v) is 3.55. The van der Waals surface area contributed by atoms with E-state index in [9.17, 15) is 4.79 Å². The van der Waals surface area contributed by atoms with E-state index >= 15 is 0 Å². The minimum absolute atomic E-state index is 0.0784. The van der Waals surface area contributed by atoms with Crippen molar-refractivity contribution in [2.75, 3.05) is 6.54 Å². The molecule has 0 aliphatic carbocycles. The maximum absolute atomic E-state index is 12.6. The zero-order chi connectivity index (χ0) is 20.7. The number of rotatable bonds is 3. The number of hydrogen-bond acceptors (Lipinski definition) is 5. The second-order valence-corrected chi connectivity index (χ2v) is 9.91. The molecule has 156 valence electrons. The van der Waals surface area contributed by atoms with Crippen molar-refractivity contribution in [1.82, 2.24) is 14.7 Å². The second kappa shape index (κ2) is 7.37. The summed E-state index contributed by atoms with van der Waals surface area (Å²) in [7, 11) is -0.424. The monoisotopic (exact) mass is 391 g/mol. The number of piperidine rings is 1. The molecule has 0 bridgehead atoms. The number of ether oxygens (including phenoxy) is 1. The Hall–Kier alpha value is -1.54. The lowest BCUT2D eigenvalue weighted by Gasteiger charge is -2.36. The summed E-state index contributed by atoms with van der Waals surface area (Å²) in [5, 5.41) is 4.50. The Balaban J connectivity index is 1.67. The molecule has 1 atom stereocenters. The zero-order valence-electron chi connectivity index (χ0n) is 18.3. The molecule has 7 nitrogen and oxygen atoms in total. The smallest absolute Gasteiger partial charge is 0.444 e. The van der Waals surface area contributed by atoms with E-state index in [0.29, 0.717) is 6.54 Å². The summed E-state index contributed by atoms with van der Waals surface area (Å²) in [5.74, 6) is 0. The summed E-state index contributed by atoms with van der Waals surface area (Å²) < 4.78 is 19.7. The van der Waals surface area contributed by atoms with Crippen LogP contribution in [0.5, 0.6) is 0 Å². The topological polar surface area (TPSA) is 65.8 Å². The van der Waals surface area contributed by atoms with Crippen molar-refractivity contribution in [1.29, 1.82) is 0 Å². The standard InChI is InChI=1S/C20H34BN3O4/c1-18(2,3)26-17(25)24-11-9-8-10-16(24)14-23-13-15(12-22-23)21-27-19(4,5)20(6,7)28-21/h12-13,16H,8-11,14H2,1-7H3. The highest BCUT2D eigenvalue weighted by atomic mass is 16.7. The van der Waals surface area contributed by atoms with Gasteiger partial charge in [0.25, 0.3) is 0 Å². The van der Waals surface area contributed by atoms with Crippen LogP contribution in [-0.4, -0.2) is 57.3 Å². The van der Waals surface area contributed by atoms with E-state index in [-0.39, 0.29) is 23.3 Å². The molecule has 8 heteroatoms. The number of amides is 1. The number of aromatic nitrogens is 2. The first-order valence-electron chi connectivity index (χ1n) is 10.3. The lowest BCUT2D eigenvalue weighted by atomic mass is 9.82. The number of nitrogens with zero attached hydrogens (tertiary/aromatic N) is 3. The molecule has 0 aromatic carbocycles. The van der Waals surface area contributed by atoms with Gasteiger partial charge in [0, 0.05) is 24.4 Å². The van der Waals surface area contributed by atoms with Crippen molar-refractivity contribution in [3.63, 3.8) is 0 Å². The number of carbonyl (C=O) groups is 1. The third-order valence-corrected chi connectivity index (χ3v) is 5.83. The van der Waals surface area contributed by atoms with Crippen LogP contribution in [0.1, 0.15) is 67.7 Å². The van der Waals surface area contributed by atoms with Crippen LogP contribution in [-0.2, 0) is 20.6 Å². The minimum atomic E-state index is -0.491. The maximum atomic E-state index is 12.6. The van der Waals surface area contributed by atoms with Crippen molar-refractivity contribution < 1.29 is 18.8 Å². The largest absolute Gasteiger partial charge is 0.498 e. The minimum Gasteiger partial charge on any atom is -0.444 e. The summed E-state index contributed by atoms with van der Waals surface area (Å²) in [6.45, 7) is 15.2. The molecule has 3 rings (SSSR count). The van der Waals surface area contributed by atoms with Crippen LogP contribution in [0.3, 0.4) is 0 Å². The van der Waals surface area contributed by atoms with Gasteiger partial charge in [-0.15, -0.1) is 0 Å². The Kier molecular flexibility index (Phi) is 5.58. The fourth-order valence-electron chi connectivity index (χ4n) is 3.55. The first kappa shape index (κ1) is 21.2. The van der Waals surface area contributed by atoms with Crippen LogP contribution in [0, 0.1) is 0 Å². The van der Waals surface area contributed by atoms with Crippen molar-refractivity contribution in [2.45, 2.75) is 97.1 Å². The summed E-state index contributed by atoms with van der Waals surface area (Å²) >= 11 is 0. The van der Waals surface area contributed by atoms with Gasteiger partial charge in [0.1, 0.15) is 5.60 Å². The molecule has 1 aromatic rings. The third-order valence-electron chi connectivity index (χ3n) is 5.83. The van der Waals surface area contributed by atoms with E-state index in [0.717, 1.165) is 31.3 Å². The lowest BCUT2D eigenvalue weighted by Crippen LogP contribution is -2.48. The van der Waals surface area contributed by atoms with E-state index in [1.807, 2.05) is 64.2 Å². The molecule has 1 amide bonds. The van der Waals surface area contributed by atoms with Gasteiger partial charge in [0.2, 0.25) is 0 Å². The Labute approximate surface area is 168 Å². The van der Waals surface area contributed by atoms with Gasteiger partial charge in [-0.25, -0.2) is 4.79 Å². The van der Waals surface area contributed by atoms with E-state index < -0.39 is 12.7 Å². The van der Waals surface area contributed by atoms with E-state index in [2.05, 4.69) is 5.10 Å². The van der Waals surface area contributed by atoms with Gasteiger partial charge in [0.15, 0.2) is 0 Å². The van der Waals surface area contributed by atoms with Crippen molar-refractivity contribution in [2.24, 2.45) is 0 Å². The SMILES string of the molecule is CC(C)(C)OC(=O)N1CCCCC1Cn1cc(B2OC(C)(C)C(C)(C)O2)cn1. The van der Waals surface area contributed by atoms with Gasteiger partial charge in [0.05, 0.1) is 23.8 Å². The fraction of sp³-hybridized carbons (Fsp3) is 0.800. The van der Waals surface area contributed by atoms with Crippen LogP contribution in [0.15, 0.2) is 12.4 Å². The Morgan fingerprint density at radius 3 is 2.50 bits per heavy atom. The molecule has 2 aliphatic rings. The Morgan fingerprint density at radius 1 is 1.25 bits per heavy atom. The van der Waals surface area contributed by atoms with Crippen LogP contribution in [0.25, 0.3) is 0 Å². The third kappa shape index (κ3) is 4.54. The predicted octanol–water partition coefficient (Wildman–Crippen LogP) is 2.97. The summed E-state index contributed by atoms with van der Waals surface area (Å²) in [6, 6.07) is 0.0784. The van der Waals surface area contributed by atoms with Crippen LogP contribution in [0.4, 0.5) is 4.79 Å². The second-order valence-electron chi connectivity index (χ2n) is 9.91. The van der Waals surface area contributed by atoms with Crippen molar-refractivity contribution in [3.05, 3.63) is 12.4 Å². The van der Waals surface area contributed by atoms with Crippen molar-refractivity contribution in [3.8, 4) is 0 Å². The number of hydrogen-bond donors (Lipinski definition) is 0. The molecule has 2 saturated heterocycles. The predicted molar refractivity (Wildman–Crippen MR) is 109 cm³/mol. The molecule has 2 fully saturated rings. The molecule has 0 N–H and O–H groups in total. The van der Waals surface area contributed by atoms with Gasteiger partial charge >= 0.3 is 13.2 Å². The normalized spacial score (nSPS) is 24.5. The summed E-state index contributed by atoms with van der Waals surface area (Å²) in [6.07, 6.45) is 6.58. The molecule has 1 unspecified atom stereocenters. The van der Waals surface area contributed by atoms with Gasteiger partial charge in [-0.3, -0.25) is 4.68 Å². The number of carbonyl (C=O) groups excluding carboxylic acids is 1. The average Bonchev–Trinajstić information content (AvgIpc) is 3.08. The Bertz CT molecular complexity index is 695. The molecule has 3 heterocycles. The van der Waals surface area contributed by atoms with Crippen LogP contribution in [0.2, 0.25) is 0 Å². The quantitative estimate of drug-likeness (QED) is 0.742. The van der Waals surface area contributed by atoms with Crippen LogP contribution < -0.4 is 5.46 Å². The van der Waals surface area contributed by atoms with Crippen LogP contribution >= 0.6 is 0 Å². The first-order chi connectivity index (χ1) is 12.9.